The van der Waals surface area contributed by atoms with Gasteiger partial charge in [0.25, 0.3) is 0 Å². The molecular weight excluding hydrogens is 391 g/mol. The van der Waals surface area contributed by atoms with E-state index < -0.39 is 0 Å². The van der Waals surface area contributed by atoms with Crippen molar-refractivity contribution >= 4 is 46.4 Å². The van der Waals surface area contributed by atoms with Gasteiger partial charge in [-0.2, -0.15) is 0 Å². The number of imidazole rings is 1. The van der Waals surface area contributed by atoms with Gasteiger partial charge in [0.05, 0.1) is 24.7 Å². The summed E-state index contributed by atoms with van der Waals surface area (Å²) in [5.41, 5.74) is 3.81. The SMILES string of the molecule is COc1ccccc1/C=C/c1nc2ccccc2n1Cc1c(Cl)cccc1Cl. The lowest BCUT2D eigenvalue weighted by atomic mass is 10.2. The standard InChI is InChI=1S/C23H18Cl2N2O/c1-28-22-12-5-2-7-16(22)13-14-23-26-20-10-3-4-11-21(20)27(23)15-17-18(24)8-6-9-19(17)25/h2-14H,15H2,1H3/b14-13+. The molecule has 1 aromatic heterocycles. The molecule has 28 heavy (non-hydrogen) atoms. The molecule has 1 heterocycles. The van der Waals surface area contributed by atoms with Gasteiger partial charge >= 0.3 is 0 Å². The molecule has 0 saturated carbocycles. The molecular formula is C23H18Cl2N2O. The second-order valence-electron chi connectivity index (χ2n) is 6.32. The first-order valence-corrected chi connectivity index (χ1v) is 9.62. The van der Waals surface area contributed by atoms with E-state index in [1.807, 2.05) is 78.9 Å². The normalized spacial score (nSPS) is 11.4. The average Bonchev–Trinajstić information content (AvgIpc) is 3.07. The van der Waals surface area contributed by atoms with Crippen LogP contribution in [0.2, 0.25) is 10.0 Å². The van der Waals surface area contributed by atoms with Gasteiger partial charge in [0.1, 0.15) is 11.6 Å². The molecule has 4 rings (SSSR count). The van der Waals surface area contributed by atoms with Crippen molar-refractivity contribution in [2.45, 2.75) is 6.54 Å². The summed E-state index contributed by atoms with van der Waals surface area (Å²) in [7, 11) is 1.67. The highest BCUT2D eigenvalue weighted by molar-refractivity contribution is 6.36. The summed E-state index contributed by atoms with van der Waals surface area (Å²) in [6.07, 6.45) is 3.99. The number of ether oxygens (including phenoxy) is 1. The van der Waals surface area contributed by atoms with Crippen molar-refractivity contribution in [3.8, 4) is 5.75 Å². The van der Waals surface area contributed by atoms with E-state index in [2.05, 4.69) is 4.57 Å². The van der Waals surface area contributed by atoms with Crippen LogP contribution in [0.4, 0.5) is 0 Å². The number of methoxy groups -OCH3 is 1. The first-order chi connectivity index (χ1) is 13.7. The number of nitrogens with zero attached hydrogens (tertiary/aromatic N) is 2. The van der Waals surface area contributed by atoms with Crippen LogP contribution in [0, 0.1) is 0 Å². The Bertz CT molecular complexity index is 1140. The Morgan fingerprint density at radius 2 is 1.61 bits per heavy atom. The minimum absolute atomic E-state index is 0.532. The molecule has 0 fully saturated rings. The predicted octanol–water partition coefficient (Wildman–Crippen LogP) is 6.57. The van der Waals surface area contributed by atoms with Gasteiger partial charge in [-0.15, -0.1) is 0 Å². The minimum atomic E-state index is 0.532. The van der Waals surface area contributed by atoms with Gasteiger partial charge in [0, 0.05) is 21.2 Å². The highest BCUT2D eigenvalue weighted by atomic mass is 35.5. The zero-order chi connectivity index (χ0) is 19.5. The van der Waals surface area contributed by atoms with Crippen LogP contribution in [0.1, 0.15) is 17.0 Å². The van der Waals surface area contributed by atoms with Crippen molar-refractivity contribution in [3.05, 3.63) is 93.7 Å². The van der Waals surface area contributed by atoms with Crippen LogP contribution in [-0.2, 0) is 6.54 Å². The average molecular weight is 409 g/mol. The zero-order valence-electron chi connectivity index (χ0n) is 15.3. The molecule has 0 radical (unpaired) electrons. The van der Waals surface area contributed by atoms with Gasteiger partial charge in [-0.1, -0.05) is 59.6 Å². The lowest BCUT2D eigenvalue weighted by Crippen LogP contribution is -2.03. The van der Waals surface area contributed by atoms with Crippen molar-refractivity contribution in [2.75, 3.05) is 7.11 Å². The number of benzene rings is 3. The number of para-hydroxylation sites is 3. The van der Waals surface area contributed by atoms with Crippen molar-refractivity contribution < 1.29 is 4.74 Å². The van der Waals surface area contributed by atoms with Crippen LogP contribution in [0.3, 0.4) is 0 Å². The van der Waals surface area contributed by atoms with Crippen LogP contribution in [-0.4, -0.2) is 16.7 Å². The molecule has 0 aliphatic rings. The number of halogens is 2. The van der Waals surface area contributed by atoms with E-state index in [4.69, 9.17) is 32.9 Å². The minimum Gasteiger partial charge on any atom is -0.496 e. The van der Waals surface area contributed by atoms with E-state index in [0.717, 1.165) is 33.7 Å². The van der Waals surface area contributed by atoms with Gasteiger partial charge in [-0.25, -0.2) is 4.98 Å². The molecule has 3 nitrogen and oxygen atoms in total. The maximum atomic E-state index is 6.41. The van der Waals surface area contributed by atoms with Gasteiger partial charge in [-0.05, 0) is 42.5 Å². The second kappa shape index (κ2) is 8.09. The van der Waals surface area contributed by atoms with E-state index in [1.165, 1.54) is 0 Å². The third-order valence-electron chi connectivity index (χ3n) is 4.61. The Morgan fingerprint density at radius 1 is 0.893 bits per heavy atom. The largest absolute Gasteiger partial charge is 0.496 e. The highest BCUT2D eigenvalue weighted by Crippen LogP contribution is 2.28. The van der Waals surface area contributed by atoms with Gasteiger partial charge in [0.2, 0.25) is 0 Å². The maximum absolute atomic E-state index is 6.41. The van der Waals surface area contributed by atoms with E-state index in [0.29, 0.717) is 16.6 Å². The van der Waals surface area contributed by atoms with Gasteiger partial charge < -0.3 is 9.30 Å². The summed E-state index contributed by atoms with van der Waals surface area (Å²) >= 11 is 12.8. The van der Waals surface area contributed by atoms with Crippen molar-refractivity contribution in [1.82, 2.24) is 9.55 Å². The third-order valence-corrected chi connectivity index (χ3v) is 5.32. The third kappa shape index (κ3) is 3.64. The van der Waals surface area contributed by atoms with E-state index in [1.54, 1.807) is 7.11 Å². The second-order valence-corrected chi connectivity index (χ2v) is 7.13. The zero-order valence-corrected chi connectivity index (χ0v) is 16.8. The number of hydrogen-bond acceptors (Lipinski definition) is 2. The lowest BCUT2D eigenvalue weighted by molar-refractivity contribution is 0.414. The molecule has 5 heteroatoms. The van der Waals surface area contributed by atoms with E-state index >= 15 is 0 Å². The molecule has 0 atom stereocenters. The fourth-order valence-corrected chi connectivity index (χ4v) is 3.71. The molecule has 0 bridgehead atoms. The topological polar surface area (TPSA) is 27.1 Å². The fourth-order valence-electron chi connectivity index (χ4n) is 3.20. The van der Waals surface area contributed by atoms with Crippen molar-refractivity contribution in [1.29, 1.82) is 0 Å². The van der Waals surface area contributed by atoms with Crippen molar-refractivity contribution in [2.24, 2.45) is 0 Å². The molecule has 0 aliphatic carbocycles. The number of fused-ring (bicyclic) bond motifs is 1. The summed E-state index contributed by atoms with van der Waals surface area (Å²) in [5.74, 6) is 1.64. The fraction of sp³-hybridized carbons (Fsp3) is 0.0870. The first-order valence-electron chi connectivity index (χ1n) is 8.86. The molecule has 4 aromatic rings. The number of hydrogen-bond donors (Lipinski definition) is 0. The van der Waals surface area contributed by atoms with Crippen LogP contribution in [0.15, 0.2) is 66.7 Å². The van der Waals surface area contributed by atoms with Crippen LogP contribution >= 0.6 is 23.2 Å². The van der Waals surface area contributed by atoms with Crippen LogP contribution < -0.4 is 4.74 Å². The lowest BCUT2D eigenvalue weighted by Gasteiger charge is -2.11. The molecule has 0 unspecified atom stereocenters. The van der Waals surface area contributed by atoms with E-state index in [-0.39, 0.29) is 0 Å². The highest BCUT2D eigenvalue weighted by Gasteiger charge is 2.13. The smallest absolute Gasteiger partial charge is 0.134 e. The summed E-state index contributed by atoms with van der Waals surface area (Å²) in [5, 5.41) is 1.29. The number of rotatable bonds is 5. The van der Waals surface area contributed by atoms with Crippen LogP contribution in [0.5, 0.6) is 5.75 Å². The maximum Gasteiger partial charge on any atom is 0.134 e. The quantitative estimate of drug-likeness (QED) is 0.373. The summed E-state index contributed by atoms with van der Waals surface area (Å²) in [6.45, 7) is 0.532. The molecule has 0 amide bonds. The Morgan fingerprint density at radius 3 is 2.39 bits per heavy atom. The molecule has 3 aromatic carbocycles. The predicted molar refractivity (Wildman–Crippen MR) is 117 cm³/mol. The first kappa shape index (κ1) is 18.6. The Kier molecular flexibility index (Phi) is 5.38. The van der Waals surface area contributed by atoms with Crippen LogP contribution in [0.25, 0.3) is 23.2 Å². The van der Waals surface area contributed by atoms with E-state index in [9.17, 15) is 0 Å². The van der Waals surface area contributed by atoms with Crippen molar-refractivity contribution in [3.63, 3.8) is 0 Å². The summed E-state index contributed by atoms with van der Waals surface area (Å²) < 4.78 is 7.56. The molecule has 0 spiro atoms. The Balaban J connectivity index is 1.81. The Hall–Kier alpha value is -2.75. The Labute approximate surface area is 173 Å². The molecule has 0 N–H and O–H groups in total. The number of aromatic nitrogens is 2. The monoisotopic (exact) mass is 408 g/mol. The van der Waals surface area contributed by atoms with Gasteiger partial charge in [-0.3, -0.25) is 0 Å². The van der Waals surface area contributed by atoms with Gasteiger partial charge in [0.15, 0.2) is 0 Å². The molecule has 0 aliphatic heterocycles. The molecule has 0 saturated heterocycles. The summed E-state index contributed by atoms with van der Waals surface area (Å²) in [4.78, 5) is 4.79. The summed E-state index contributed by atoms with van der Waals surface area (Å²) in [6, 6.07) is 21.5. The molecule has 140 valence electrons.